The lowest BCUT2D eigenvalue weighted by molar-refractivity contribution is 0.0620. The number of fused-ring (bicyclic) bond motifs is 1. The Morgan fingerprint density at radius 2 is 1.82 bits per heavy atom. The molecule has 8 nitrogen and oxygen atoms in total. The van der Waals surface area contributed by atoms with Gasteiger partial charge in [-0.25, -0.2) is 4.68 Å². The van der Waals surface area contributed by atoms with Crippen molar-refractivity contribution < 1.29 is 9.47 Å². The van der Waals surface area contributed by atoms with E-state index in [4.69, 9.17) is 9.47 Å². The van der Waals surface area contributed by atoms with E-state index < -0.39 is 0 Å². The van der Waals surface area contributed by atoms with Crippen LogP contribution >= 0.6 is 0 Å². The van der Waals surface area contributed by atoms with Crippen LogP contribution in [-0.4, -0.2) is 76.2 Å². The Labute approximate surface area is 196 Å². The van der Waals surface area contributed by atoms with Crippen molar-refractivity contribution in [3.63, 3.8) is 0 Å². The molecule has 178 valence electrons. The lowest BCUT2D eigenvalue weighted by Gasteiger charge is -2.25. The number of hydrogen-bond donors (Lipinski definition) is 1. The van der Waals surface area contributed by atoms with Crippen molar-refractivity contribution in [3.05, 3.63) is 29.8 Å². The SMILES string of the molecule is c1cc(CN2CCCC2)cc(-c2nnnn2[C@H]2COC3C(NCC4CCCCC4)COC32)c1. The maximum absolute atomic E-state index is 6.26. The van der Waals surface area contributed by atoms with E-state index in [0.717, 1.165) is 30.4 Å². The van der Waals surface area contributed by atoms with Gasteiger partial charge in [-0.1, -0.05) is 37.5 Å². The molecule has 3 aliphatic heterocycles. The minimum atomic E-state index is -0.0103. The summed E-state index contributed by atoms with van der Waals surface area (Å²) < 4.78 is 14.5. The fourth-order valence-corrected chi connectivity index (χ4v) is 6.19. The highest BCUT2D eigenvalue weighted by Crippen LogP contribution is 2.36. The Morgan fingerprint density at radius 1 is 0.970 bits per heavy atom. The normalized spacial score (nSPS) is 30.8. The number of nitrogens with one attached hydrogen (secondary N) is 1. The van der Waals surface area contributed by atoms with Gasteiger partial charge in [-0.15, -0.1) is 5.10 Å². The molecule has 0 spiro atoms. The molecular formula is C25H36N6O2. The molecule has 4 aliphatic rings. The average Bonchev–Trinajstić information content (AvgIpc) is 3.64. The lowest BCUT2D eigenvalue weighted by atomic mass is 9.89. The number of benzene rings is 1. The van der Waals surface area contributed by atoms with Crippen molar-refractivity contribution in [2.24, 2.45) is 5.92 Å². The van der Waals surface area contributed by atoms with Gasteiger partial charge in [-0.2, -0.15) is 0 Å². The van der Waals surface area contributed by atoms with Crippen LogP contribution in [0.25, 0.3) is 11.4 Å². The Bertz CT molecular complexity index is 923. The molecule has 1 aromatic heterocycles. The number of tetrazole rings is 1. The van der Waals surface area contributed by atoms with Crippen LogP contribution in [0.4, 0.5) is 0 Å². The molecule has 0 bridgehead atoms. The standard InChI is InChI=1S/C25H36N6O2/c1-2-7-18(8-3-1)14-26-21-16-32-24-22(17-33-23(21)24)31-25(27-28-29-31)20-10-6-9-19(13-20)15-30-11-4-5-12-30/h6,9-10,13,18,21-24,26H,1-5,7-8,11-12,14-17H2/t21?,22-,23?,24?/m0/s1. The molecule has 33 heavy (non-hydrogen) atoms. The number of nitrogens with zero attached hydrogens (tertiary/aromatic N) is 5. The van der Waals surface area contributed by atoms with Gasteiger partial charge >= 0.3 is 0 Å². The van der Waals surface area contributed by atoms with E-state index in [0.29, 0.717) is 13.2 Å². The van der Waals surface area contributed by atoms with Crippen molar-refractivity contribution >= 4 is 0 Å². The molecule has 3 saturated heterocycles. The molecule has 3 unspecified atom stereocenters. The number of hydrogen-bond acceptors (Lipinski definition) is 7. The predicted molar refractivity (Wildman–Crippen MR) is 125 cm³/mol. The molecule has 6 rings (SSSR count). The zero-order chi connectivity index (χ0) is 22.0. The summed E-state index contributed by atoms with van der Waals surface area (Å²) in [5, 5.41) is 16.6. The molecule has 0 radical (unpaired) electrons. The van der Waals surface area contributed by atoms with Gasteiger partial charge in [0.2, 0.25) is 0 Å². The Morgan fingerprint density at radius 3 is 2.70 bits per heavy atom. The van der Waals surface area contributed by atoms with Gasteiger partial charge in [0.1, 0.15) is 18.2 Å². The molecule has 8 heteroatoms. The van der Waals surface area contributed by atoms with Crippen LogP contribution in [0.3, 0.4) is 0 Å². The Kier molecular flexibility index (Phi) is 6.42. The topological polar surface area (TPSA) is 77.3 Å². The first-order chi connectivity index (χ1) is 16.3. The minimum absolute atomic E-state index is 0.00344. The van der Waals surface area contributed by atoms with Gasteiger partial charge in [0.05, 0.1) is 19.3 Å². The van der Waals surface area contributed by atoms with Crippen LogP contribution < -0.4 is 5.32 Å². The molecule has 4 heterocycles. The van der Waals surface area contributed by atoms with Crippen LogP contribution in [0.5, 0.6) is 0 Å². The molecular weight excluding hydrogens is 416 g/mol. The Hall–Kier alpha value is -1.87. The highest BCUT2D eigenvalue weighted by atomic mass is 16.6. The largest absolute Gasteiger partial charge is 0.371 e. The summed E-state index contributed by atoms with van der Waals surface area (Å²) in [5.41, 5.74) is 2.37. The first kappa shape index (κ1) is 21.6. The van der Waals surface area contributed by atoms with Gasteiger partial charge in [0.15, 0.2) is 5.82 Å². The monoisotopic (exact) mass is 452 g/mol. The molecule has 1 saturated carbocycles. The third-order valence-corrected chi connectivity index (χ3v) is 8.02. The van der Waals surface area contributed by atoms with Crippen molar-refractivity contribution in [3.8, 4) is 11.4 Å². The van der Waals surface area contributed by atoms with E-state index in [1.807, 2.05) is 4.68 Å². The highest BCUT2D eigenvalue weighted by molar-refractivity contribution is 5.56. The zero-order valence-corrected chi connectivity index (χ0v) is 19.4. The first-order valence-corrected chi connectivity index (χ1v) is 12.9. The van der Waals surface area contributed by atoms with Crippen molar-refractivity contribution in [1.82, 2.24) is 30.4 Å². The van der Waals surface area contributed by atoms with Crippen molar-refractivity contribution in [2.45, 2.75) is 75.8 Å². The molecule has 4 fully saturated rings. The molecule has 1 aliphatic carbocycles. The second-order valence-corrected chi connectivity index (χ2v) is 10.3. The van der Waals surface area contributed by atoms with Crippen molar-refractivity contribution in [1.29, 1.82) is 0 Å². The van der Waals surface area contributed by atoms with Crippen molar-refractivity contribution in [2.75, 3.05) is 32.8 Å². The molecule has 0 amide bonds. The first-order valence-electron chi connectivity index (χ1n) is 12.9. The average molecular weight is 453 g/mol. The van der Waals surface area contributed by atoms with Crippen LogP contribution in [0.15, 0.2) is 24.3 Å². The maximum Gasteiger partial charge on any atom is 0.182 e. The zero-order valence-electron chi connectivity index (χ0n) is 19.4. The number of ether oxygens (including phenoxy) is 2. The summed E-state index contributed by atoms with van der Waals surface area (Å²) in [6, 6.07) is 8.91. The highest BCUT2D eigenvalue weighted by Gasteiger charge is 2.49. The van der Waals surface area contributed by atoms with Gasteiger partial charge in [0, 0.05) is 12.1 Å². The predicted octanol–water partition coefficient (Wildman–Crippen LogP) is 2.81. The lowest BCUT2D eigenvalue weighted by Crippen LogP contribution is -2.43. The summed E-state index contributed by atoms with van der Waals surface area (Å²) in [7, 11) is 0. The van der Waals surface area contributed by atoms with E-state index in [9.17, 15) is 0 Å². The number of likely N-dealkylation sites (tertiary alicyclic amines) is 1. The molecule has 1 aromatic carbocycles. The summed E-state index contributed by atoms with van der Waals surface area (Å²) in [4.78, 5) is 2.52. The van der Waals surface area contributed by atoms with Gasteiger partial charge in [0.25, 0.3) is 0 Å². The maximum atomic E-state index is 6.26. The number of aromatic nitrogens is 4. The van der Waals surface area contributed by atoms with Crippen LogP contribution in [0, 0.1) is 5.92 Å². The van der Waals surface area contributed by atoms with E-state index in [1.165, 1.54) is 63.6 Å². The molecule has 4 atom stereocenters. The quantitative estimate of drug-likeness (QED) is 0.692. The summed E-state index contributed by atoms with van der Waals surface area (Å²) in [6.07, 6.45) is 9.51. The summed E-state index contributed by atoms with van der Waals surface area (Å²) in [6.45, 7) is 5.73. The fourth-order valence-electron chi connectivity index (χ4n) is 6.19. The third-order valence-electron chi connectivity index (χ3n) is 8.02. The summed E-state index contributed by atoms with van der Waals surface area (Å²) in [5.74, 6) is 1.60. The second kappa shape index (κ2) is 9.78. The van der Waals surface area contributed by atoms with E-state index in [1.54, 1.807) is 0 Å². The van der Waals surface area contributed by atoms with Crippen LogP contribution in [0.1, 0.15) is 56.6 Å². The fraction of sp³-hybridized carbons (Fsp3) is 0.720. The van der Waals surface area contributed by atoms with E-state index >= 15 is 0 Å². The third kappa shape index (κ3) is 4.58. The smallest absolute Gasteiger partial charge is 0.182 e. The van der Waals surface area contributed by atoms with Crippen LogP contribution in [-0.2, 0) is 16.0 Å². The van der Waals surface area contributed by atoms with E-state index in [-0.39, 0.29) is 24.3 Å². The molecule has 1 N–H and O–H groups in total. The van der Waals surface area contributed by atoms with Gasteiger partial charge in [-0.05, 0) is 73.3 Å². The molecule has 2 aromatic rings. The summed E-state index contributed by atoms with van der Waals surface area (Å²) >= 11 is 0. The van der Waals surface area contributed by atoms with E-state index in [2.05, 4.69) is 50.0 Å². The number of rotatable bonds is 7. The second-order valence-electron chi connectivity index (χ2n) is 10.3. The Balaban J connectivity index is 1.13. The minimum Gasteiger partial charge on any atom is -0.371 e. The van der Waals surface area contributed by atoms with Gasteiger partial charge in [-0.3, -0.25) is 4.90 Å². The van der Waals surface area contributed by atoms with Gasteiger partial charge < -0.3 is 14.8 Å². The van der Waals surface area contributed by atoms with Crippen LogP contribution in [0.2, 0.25) is 0 Å².